The van der Waals surface area contributed by atoms with Gasteiger partial charge in [-0.15, -0.1) is 11.3 Å². The van der Waals surface area contributed by atoms with E-state index in [2.05, 4.69) is 15.3 Å². The highest BCUT2D eigenvalue weighted by atomic mass is 32.1. The van der Waals surface area contributed by atoms with Gasteiger partial charge in [0.1, 0.15) is 0 Å². The van der Waals surface area contributed by atoms with Crippen LogP contribution in [-0.2, 0) is 0 Å². The zero-order chi connectivity index (χ0) is 8.39. The van der Waals surface area contributed by atoms with Gasteiger partial charge in [-0.2, -0.15) is 0 Å². The van der Waals surface area contributed by atoms with Crippen LogP contribution in [0, 0.1) is 0 Å². The molecule has 62 valence electrons. The first-order valence-electron chi connectivity index (χ1n) is 3.84. The van der Waals surface area contributed by atoms with Gasteiger partial charge in [-0.3, -0.25) is 0 Å². The largest absolute Gasteiger partial charge is 0.354 e. The van der Waals surface area contributed by atoms with Crippen molar-refractivity contribution in [3.63, 3.8) is 0 Å². The molecule has 0 atom stereocenters. The molecular formula is C8H9N3S. The van der Waals surface area contributed by atoms with Crippen molar-refractivity contribution in [2.75, 3.05) is 11.9 Å². The third kappa shape index (κ3) is 1.25. The lowest BCUT2D eigenvalue weighted by Crippen LogP contribution is -2.00. The summed E-state index contributed by atoms with van der Waals surface area (Å²) in [4.78, 5) is 8.47. The van der Waals surface area contributed by atoms with E-state index in [9.17, 15) is 0 Å². The Labute approximate surface area is 74.5 Å². The van der Waals surface area contributed by atoms with Crippen LogP contribution in [0.1, 0.15) is 6.92 Å². The fraction of sp³-hybridized carbons (Fsp3) is 0.250. The first kappa shape index (κ1) is 7.49. The highest BCUT2D eigenvalue weighted by Crippen LogP contribution is 2.18. The summed E-state index contributed by atoms with van der Waals surface area (Å²) in [7, 11) is 0. The molecule has 0 saturated heterocycles. The minimum Gasteiger partial charge on any atom is -0.354 e. The van der Waals surface area contributed by atoms with Crippen molar-refractivity contribution in [2.24, 2.45) is 0 Å². The molecule has 2 aromatic heterocycles. The van der Waals surface area contributed by atoms with Crippen molar-refractivity contribution < 1.29 is 0 Å². The van der Waals surface area contributed by atoms with Crippen LogP contribution in [0.4, 0.5) is 5.95 Å². The molecule has 0 unspecified atom stereocenters. The van der Waals surface area contributed by atoms with E-state index in [4.69, 9.17) is 0 Å². The third-order valence-corrected chi connectivity index (χ3v) is 2.38. The molecule has 0 aromatic carbocycles. The van der Waals surface area contributed by atoms with Crippen LogP contribution in [0.25, 0.3) is 10.2 Å². The quantitative estimate of drug-likeness (QED) is 0.767. The lowest BCUT2D eigenvalue weighted by Gasteiger charge is -1.98. The van der Waals surface area contributed by atoms with E-state index in [0.29, 0.717) is 5.95 Å². The lowest BCUT2D eigenvalue weighted by molar-refractivity contribution is 1.11. The van der Waals surface area contributed by atoms with Crippen LogP contribution in [0.15, 0.2) is 17.6 Å². The predicted molar refractivity (Wildman–Crippen MR) is 51.6 cm³/mol. The molecular weight excluding hydrogens is 170 g/mol. The van der Waals surface area contributed by atoms with Crippen LogP contribution in [0.3, 0.4) is 0 Å². The Hall–Kier alpha value is -1.16. The maximum absolute atomic E-state index is 4.31. The van der Waals surface area contributed by atoms with Crippen molar-refractivity contribution in [1.29, 1.82) is 0 Å². The van der Waals surface area contributed by atoms with E-state index < -0.39 is 0 Å². The van der Waals surface area contributed by atoms with Crippen molar-refractivity contribution in [3.8, 4) is 0 Å². The molecule has 0 radical (unpaired) electrons. The van der Waals surface area contributed by atoms with Crippen LogP contribution < -0.4 is 5.32 Å². The molecule has 0 aliphatic rings. The summed E-state index contributed by atoms with van der Waals surface area (Å²) < 4.78 is 1.14. The summed E-state index contributed by atoms with van der Waals surface area (Å²) in [6, 6.07) is 2.00. The second kappa shape index (κ2) is 3.06. The van der Waals surface area contributed by atoms with E-state index in [0.717, 1.165) is 16.8 Å². The number of anilines is 1. The van der Waals surface area contributed by atoms with Gasteiger partial charge < -0.3 is 5.32 Å². The molecule has 1 N–H and O–H groups in total. The van der Waals surface area contributed by atoms with Gasteiger partial charge in [-0.25, -0.2) is 9.97 Å². The number of rotatable bonds is 2. The topological polar surface area (TPSA) is 37.8 Å². The Morgan fingerprint density at radius 2 is 2.50 bits per heavy atom. The van der Waals surface area contributed by atoms with Crippen LogP contribution in [-0.4, -0.2) is 16.5 Å². The number of fused-ring (bicyclic) bond motifs is 1. The molecule has 2 rings (SSSR count). The van der Waals surface area contributed by atoms with Gasteiger partial charge in [0.2, 0.25) is 5.95 Å². The molecule has 0 amide bonds. The van der Waals surface area contributed by atoms with Crippen molar-refractivity contribution in [3.05, 3.63) is 17.6 Å². The van der Waals surface area contributed by atoms with Crippen molar-refractivity contribution in [2.45, 2.75) is 6.92 Å². The molecule has 2 aromatic rings. The monoisotopic (exact) mass is 179 g/mol. The SMILES string of the molecule is CCNc1ncc2sccc2n1. The summed E-state index contributed by atoms with van der Waals surface area (Å²) in [5.74, 6) is 0.711. The van der Waals surface area contributed by atoms with E-state index >= 15 is 0 Å². The van der Waals surface area contributed by atoms with E-state index in [1.54, 1.807) is 11.3 Å². The number of thiophene rings is 1. The van der Waals surface area contributed by atoms with Gasteiger partial charge in [-0.1, -0.05) is 0 Å². The summed E-state index contributed by atoms with van der Waals surface area (Å²) in [6.45, 7) is 2.89. The lowest BCUT2D eigenvalue weighted by atomic mass is 10.5. The van der Waals surface area contributed by atoms with Crippen LogP contribution in [0.2, 0.25) is 0 Å². The fourth-order valence-electron chi connectivity index (χ4n) is 1.01. The standard InChI is InChI=1S/C8H9N3S/c1-2-9-8-10-5-7-6(11-8)3-4-12-7/h3-5H,2H2,1H3,(H,9,10,11). The minimum absolute atomic E-state index is 0.711. The molecule has 2 heterocycles. The van der Waals surface area contributed by atoms with Gasteiger partial charge in [-0.05, 0) is 18.4 Å². The summed E-state index contributed by atoms with van der Waals surface area (Å²) >= 11 is 1.66. The Balaban J connectivity index is 2.46. The summed E-state index contributed by atoms with van der Waals surface area (Å²) in [5.41, 5.74) is 1.02. The van der Waals surface area contributed by atoms with E-state index in [1.807, 2.05) is 24.6 Å². The highest BCUT2D eigenvalue weighted by molar-refractivity contribution is 7.17. The third-order valence-electron chi connectivity index (χ3n) is 1.54. The second-order valence-corrected chi connectivity index (χ2v) is 3.34. The smallest absolute Gasteiger partial charge is 0.223 e. The number of nitrogens with zero attached hydrogens (tertiary/aromatic N) is 2. The maximum atomic E-state index is 4.31. The van der Waals surface area contributed by atoms with Gasteiger partial charge in [0.05, 0.1) is 16.4 Å². The first-order valence-corrected chi connectivity index (χ1v) is 4.72. The number of nitrogens with one attached hydrogen (secondary N) is 1. The molecule has 12 heavy (non-hydrogen) atoms. The number of aromatic nitrogens is 2. The Kier molecular flexibility index (Phi) is 1.91. The molecule has 0 bridgehead atoms. The first-order chi connectivity index (χ1) is 5.90. The minimum atomic E-state index is 0.711. The molecule has 0 aliphatic carbocycles. The molecule has 0 spiro atoms. The molecule has 3 nitrogen and oxygen atoms in total. The predicted octanol–water partition coefficient (Wildman–Crippen LogP) is 2.12. The van der Waals surface area contributed by atoms with Crippen LogP contribution in [0.5, 0.6) is 0 Å². The number of hydrogen-bond donors (Lipinski definition) is 1. The van der Waals surface area contributed by atoms with Gasteiger partial charge in [0.25, 0.3) is 0 Å². The fourth-order valence-corrected chi connectivity index (χ4v) is 1.70. The van der Waals surface area contributed by atoms with E-state index in [-0.39, 0.29) is 0 Å². The van der Waals surface area contributed by atoms with Gasteiger partial charge >= 0.3 is 0 Å². The zero-order valence-corrected chi connectivity index (χ0v) is 7.56. The second-order valence-electron chi connectivity index (χ2n) is 2.39. The normalized spacial score (nSPS) is 10.4. The molecule has 0 fully saturated rings. The highest BCUT2D eigenvalue weighted by Gasteiger charge is 1.98. The molecule has 0 aliphatic heterocycles. The summed E-state index contributed by atoms with van der Waals surface area (Å²) in [5, 5.41) is 5.09. The maximum Gasteiger partial charge on any atom is 0.223 e. The Morgan fingerprint density at radius 1 is 1.58 bits per heavy atom. The zero-order valence-electron chi connectivity index (χ0n) is 6.74. The Bertz CT molecular complexity index is 382. The Morgan fingerprint density at radius 3 is 3.33 bits per heavy atom. The van der Waals surface area contributed by atoms with Gasteiger partial charge in [0.15, 0.2) is 0 Å². The summed E-state index contributed by atoms with van der Waals surface area (Å²) in [6.07, 6.45) is 1.85. The average Bonchev–Trinajstić information content (AvgIpc) is 2.51. The van der Waals surface area contributed by atoms with Crippen molar-refractivity contribution in [1.82, 2.24) is 9.97 Å². The van der Waals surface area contributed by atoms with Crippen molar-refractivity contribution >= 4 is 27.5 Å². The molecule has 4 heteroatoms. The average molecular weight is 179 g/mol. The van der Waals surface area contributed by atoms with Crippen LogP contribution >= 0.6 is 11.3 Å². The van der Waals surface area contributed by atoms with E-state index in [1.165, 1.54) is 0 Å². The molecule has 0 saturated carbocycles. The number of hydrogen-bond acceptors (Lipinski definition) is 4. The van der Waals surface area contributed by atoms with Gasteiger partial charge in [0, 0.05) is 6.54 Å².